The standard InChI is InChI=1S/C14H22N2/c1-12(2)10-16(4)11-14(3,15)13-8-6-5-7-9-13/h5-9H,1,10-11,15H2,2-4H3. The SMILES string of the molecule is C=C(C)CN(C)CC(C)(N)c1ccccc1. The molecule has 88 valence electrons. The lowest BCUT2D eigenvalue weighted by molar-refractivity contribution is 0.277. The summed E-state index contributed by atoms with van der Waals surface area (Å²) in [7, 11) is 2.07. The summed E-state index contributed by atoms with van der Waals surface area (Å²) in [6.45, 7) is 9.73. The van der Waals surface area contributed by atoms with Crippen molar-refractivity contribution in [3.63, 3.8) is 0 Å². The molecule has 0 radical (unpaired) electrons. The van der Waals surface area contributed by atoms with Gasteiger partial charge < -0.3 is 10.6 Å². The highest BCUT2D eigenvalue weighted by atomic mass is 15.1. The minimum absolute atomic E-state index is 0.314. The van der Waals surface area contributed by atoms with Gasteiger partial charge in [0.25, 0.3) is 0 Å². The third-order valence-electron chi connectivity index (χ3n) is 2.57. The van der Waals surface area contributed by atoms with Gasteiger partial charge in [0.2, 0.25) is 0 Å². The van der Waals surface area contributed by atoms with E-state index in [2.05, 4.69) is 37.6 Å². The summed E-state index contributed by atoms with van der Waals surface area (Å²) < 4.78 is 0. The summed E-state index contributed by atoms with van der Waals surface area (Å²) in [6, 6.07) is 10.2. The Morgan fingerprint density at radius 3 is 2.44 bits per heavy atom. The summed E-state index contributed by atoms with van der Waals surface area (Å²) in [6.07, 6.45) is 0. The first-order valence-corrected chi connectivity index (χ1v) is 5.59. The lowest BCUT2D eigenvalue weighted by Crippen LogP contribution is -2.44. The molecule has 16 heavy (non-hydrogen) atoms. The van der Waals surface area contributed by atoms with Crippen molar-refractivity contribution in [1.29, 1.82) is 0 Å². The maximum atomic E-state index is 6.34. The van der Waals surface area contributed by atoms with Crippen molar-refractivity contribution in [3.8, 4) is 0 Å². The molecule has 0 bridgehead atoms. The smallest absolute Gasteiger partial charge is 0.0509 e. The molecule has 2 heteroatoms. The molecule has 0 aromatic heterocycles. The maximum absolute atomic E-state index is 6.34. The van der Waals surface area contributed by atoms with E-state index in [0.717, 1.165) is 18.7 Å². The number of benzene rings is 1. The minimum atomic E-state index is -0.314. The third kappa shape index (κ3) is 3.80. The first kappa shape index (κ1) is 12.9. The Balaban J connectivity index is 2.68. The van der Waals surface area contributed by atoms with Gasteiger partial charge in [-0.05, 0) is 26.5 Å². The molecule has 0 saturated carbocycles. The fraction of sp³-hybridized carbons (Fsp3) is 0.429. The summed E-state index contributed by atoms with van der Waals surface area (Å²) >= 11 is 0. The number of hydrogen-bond acceptors (Lipinski definition) is 2. The monoisotopic (exact) mass is 218 g/mol. The zero-order chi connectivity index (χ0) is 12.2. The molecule has 0 heterocycles. The van der Waals surface area contributed by atoms with E-state index in [1.807, 2.05) is 25.1 Å². The van der Waals surface area contributed by atoms with Crippen LogP contribution in [-0.4, -0.2) is 25.0 Å². The van der Waals surface area contributed by atoms with Crippen LogP contribution in [0.4, 0.5) is 0 Å². The van der Waals surface area contributed by atoms with Crippen LogP contribution in [0.3, 0.4) is 0 Å². The molecule has 0 spiro atoms. The Hall–Kier alpha value is -1.12. The number of likely N-dealkylation sites (N-methyl/N-ethyl adjacent to an activating group) is 1. The van der Waals surface area contributed by atoms with E-state index in [0.29, 0.717) is 0 Å². The molecule has 2 nitrogen and oxygen atoms in total. The van der Waals surface area contributed by atoms with Crippen LogP contribution in [0.25, 0.3) is 0 Å². The quantitative estimate of drug-likeness (QED) is 0.769. The van der Waals surface area contributed by atoms with Crippen molar-refractivity contribution >= 4 is 0 Å². The Morgan fingerprint density at radius 2 is 1.94 bits per heavy atom. The second-order valence-electron chi connectivity index (χ2n) is 4.91. The highest BCUT2D eigenvalue weighted by Gasteiger charge is 2.22. The van der Waals surface area contributed by atoms with E-state index in [-0.39, 0.29) is 5.54 Å². The summed E-state index contributed by atoms with van der Waals surface area (Å²) in [5, 5.41) is 0. The van der Waals surface area contributed by atoms with Gasteiger partial charge in [-0.25, -0.2) is 0 Å². The molecule has 0 aliphatic carbocycles. The van der Waals surface area contributed by atoms with E-state index in [4.69, 9.17) is 5.73 Å². The second kappa shape index (κ2) is 5.28. The summed E-state index contributed by atoms with van der Waals surface area (Å²) in [5.74, 6) is 0. The normalized spacial score (nSPS) is 14.8. The molecule has 0 aliphatic rings. The predicted octanol–water partition coefficient (Wildman–Crippen LogP) is 2.37. The van der Waals surface area contributed by atoms with Gasteiger partial charge in [0.05, 0.1) is 5.54 Å². The highest BCUT2D eigenvalue weighted by Crippen LogP contribution is 2.18. The fourth-order valence-corrected chi connectivity index (χ4v) is 1.99. The van der Waals surface area contributed by atoms with Gasteiger partial charge in [0, 0.05) is 13.1 Å². The second-order valence-corrected chi connectivity index (χ2v) is 4.91. The van der Waals surface area contributed by atoms with E-state index in [1.165, 1.54) is 5.56 Å². The first-order chi connectivity index (χ1) is 7.42. The summed E-state index contributed by atoms with van der Waals surface area (Å²) in [4.78, 5) is 2.20. The van der Waals surface area contributed by atoms with Gasteiger partial charge in [0.15, 0.2) is 0 Å². The number of hydrogen-bond donors (Lipinski definition) is 1. The number of nitrogens with two attached hydrogens (primary N) is 1. The van der Waals surface area contributed by atoms with Crippen LogP contribution in [0, 0.1) is 0 Å². The zero-order valence-corrected chi connectivity index (χ0v) is 10.5. The van der Waals surface area contributed by atoms with Crippen molar-refractivity contribution in [2.75, 3.05) is 20.1 Å². The Bertz CT molecular complexity index is 341. The van der Waals surface area contributed by atoms with Gasteiger partial charge >= 0.3 is 0 Å². The van der Waals surface area contributed by atoms with Crippen molar-refractivity contribution in [2.24, 2.45) is 5.73 Å². The molecular weight excluding hydrogens is 196 g/mol. The lowest BCUT2D eigenvalue weighted by atomic mass is 9.92. The van der Waals surface area contributed by atoms with Crippen molar-refractivity contribution < 1.29 is 0 Å². The van der Waals surface area contributed by atoms with Crippen molar-refractivity contribution in [1.82, 2.24) is 4.90 Å². The van der Waals surface area contributed by atoms with Gasteiger partial charge in [0.1, 0.15) is 0 Å². The zero-order valence-electron chi connectivity index (χ0n) is 10.5. The van der Waals surface area contributed by atoms with E-state index < -0.39 is 0 Å². The first-order valence-electron chi connectivity index (χ1n) is 5.59. The van der Waals surface area contributed by atoms with Crippen LogP contribution in [0.15, 0.2) is 42.5 Å². The molecule has 1 atom stereocenters. The Kier molecular flexibility index (Phi) is 4.27. The molecular formula is C14H22N2. The van der Waals surface area contributed by atoms with Crippen LogP contribution in [0.2, 0.25) is 0 Å². The van der Waals surface area contributed by atoms with Crippen LogP contribution in [0.1, 0.15) is 19.4 Å². The van der Waals surface area contributed by atoms with Gasteiger partial charge in [-0.15, -0.1) is 0 Å². The van der Waals surface area contributed by atoms with Crippen LogP contribution in [-0.2, 0) is 5.54 Å². The Morgan fingerprint density at radius 1 is 1.38 bits per heavy atom. The average Bonchev–Trinajstić information content (AvgIpc) is 2.16. The molecule has 2 N–H and O–H groups in total. The van der Waals surface area contributed by atoms with Gasteiger partial charge in [-0.3, -0.25) is 0 Å². The van der Waals surface area contributed by atoms with Crippen LogP contribution in [0.5, 0.6) is 0 Å². The number of nitrogens with zero attached hydrogens (tertiary/aromatic N) is 1. The fourth-order valence-electron chi connectivity index (χ4n) is 1.99. The molecule has 0 aliphatic heterocycles. The summed E-state index contributed by atoms with van der Waals surface area (Å²) in [5.41, 5.74) is 8.36. The molecule has 1 aromatic rings. The lowest BCUT2D eigenvalue weighted by Gasteiger charge is -2.30. The Labute approximate surface area is 98.8 Å². The third-order valence-corrected chi connectivity index (χ3v) is 2.57. The van der Waals surface area contributed by atoms with Gasteiger partial charge in [-0.1, -0.05) is 42.5 Å². The maximum Gasteiger partial charge on any atom is 0.0509 e. The van der Waals surface area contributed by atoms with Crippen LogP contribution < -0.4 is 5.73 Å². The largest absolute Gasteiger partial charge is 0.321 e. The molecule has 1 rings (SSSR count). The molecule has 0 fully saturated rings. The van der Waals surface area contributed by atoms with E-state index in [1.54, 1.807) is 0 Å². The molecule has 1 aromatic carbocycles. The van der Waals surface area contributed by atoms with E-state index in [9.17, 15) is 0 Å². The number of rotatable bonds is 5. The topological polar surface area (TPSA) is 29.3 Å². The molecule has 1 unspecified atom stereocenters. The van der Waals surface area contributed by atoms with Crippen LogP contribution >= 0.6 is 0 Å². The average molecular weight is 218 g/mol. The van der Waals surface area contributed by atoms with E-state index >= 15 is 0 Å². The van der Waals surface area contributed by atoms with Crippen molar-refractivity contribution in [2.45, 2.75) is 19.4 Å². The minimum Gasteiger partial charge on any atom is -0.321 e. The van der Waals surface area contributed by atoms with Gasteiger partial charge in [-0.2, -0.15) is 0 Å². The molecule has 0 amide bonds. The highest BCUT2D eigenvalue weighted by molar-refractivity contribution is 5.23. The predicted molar refractivity (Wildman–Crippen MR) is 70.3 cm³/mol. The van der Waals surface area contributed by atoms with Crippen molar-refractivity contribution in [3.05, 3.63) is 48.0 Å². The molecule has 0 saturated heterocycles.